The van der Waals surface area contributed by atoms with E-state index < -0.39 is 0 Å². The van der Waals surface area contributed by atoms with Crippen LogP contribution in [0.4, 0.5) is 5.82 Å². The predicted octanol–water partition coefficient (Wildman–Crippen LogP) is 3.93. The number of hydrogen-bond donors (Lipinski definition) is 1. The molecular formula is C23H23N5. The number of benzene rings is 1. The van der Waals surface area contributed by atoms with Crippen molar-refractivity contribution in [3.63, 3.8) is 0 Å². The average molecular weight is 369 g/mol. The maximum Gasteiger partial charge on any atom is 0.128 e. The number of piperazine rings is 1. The van der Waals surface area contributed by atoms with E-state index in [1.165, 1.54) is 0 Å². The number of aliphatic imine (C=N–C) groups is 1. The molecule has 3 heterocycles. The molecule has 1 aromatic carbocycles. The molecule has 1 aliphatic heterocycles. The molecule has 28 heavy (non-hydrogen) atoms. The van der Waals surface area contributed by atoms with Gasteiger partial charge in [-0.05, 0) is 59.8 Å². The van der Waals surface area contributed by atoms with Crippen LogP contribution in [0.15, 0.2) is 72.6 Å². The summed E-state index contributed by atoms with van der Waals surface area (Å²) in [6.45, 7) is 11.6. The molecule has 2 aromatic heterocycles. The van der Waals surface area contributed by atoms with Crippen molar-refractivity contribution < 1.29 is 0 Å². The van der Waals surface area contributed by atoms with Crippen LogP contribution < -0.4 is 10.2 Å². The van der Waals surface area contributed by atoms with E-state index in [1.54, 1.807) is 6.20 Å². The van der Waals surface area contributed by atoms with Crippen LogP contribution in [0, 0.1) is 0 Å². The SMILES string of the molecule is C=N/C=C\C(=C)c1ccnc2ccc(-c3ccc(N4CCNCC4)nc3)cc12. The molecule has 5 heteroatoms. The molecule has 0 saturated carbocycles. The van der Waals surface area contributed by atoms with Crippen molar-refractivity contribution in [2.75, 3.05) is 31.1 Å². The van der Waals surface area contributed by atoms with Gasteiger partial charge >= 0.3 is 0 Å². The minimum Gasteiger partial charge on any atom is -0.354 e. The monoisotopic (exact) mass is 369 g/mol. The van der Waals surface area contributed by atoms with Gasteiger partial charge in [0.25, 0.3) is 0 Å². The highest BCUT2D eigenvalue weighted by Crippen LogP contribution is 2.29. The molecule has 0 unspecified atom stereocenters. The van der Waals surface area contributed by atoms with Crippen LogP contribution in [-0.4, -0.2) is 42.9 Å². The summed E-state index contributed by atoms with van der Waals surface area (Å²) in [7, 11) is 0. The molecule has 3 aromatic rings. The molecule has 0 amide bonds. The van der Waals surface area contributed by atoms with Gasteiger partial charge < -0.3 is 10.2 Å². The lowest BCUT2D eigenvalue weighted by atomic mass is 9.98. The molecule has 1 N–H and O–H groups in total. The summed E-state index contributed by atoms with van der Waals surface area (Å²) in [5, 5.41) is 4.43. The number of fused-ring (bicyclic) bond motifs is 1. The number of nitrogens with zero attached hydrogens (tertiary/aromatic N) is 4. The van der Waals surface area contributed by atoms with Crippen molar-refractivity contribution in [1.82, 2.24) is 15.3 Å². The minimum atomic E-state index is 0.879. The summed E-state index contributed by atoms with van der Waals surface area (Å²) in [5.41, 5.74) is 5.05. The van der Waals surface area contributed by atoms with Gasteiger partial charge in [-0.25, -0.2) is 4.98 Å². The predicted molar refractivity (Wildman–Crippen MR) is 118 cm³/mol. The third-order valence-corrected chi connectivity index (χ3v) is 4.99. The minimum absolute atomic E-state index is 0.879. The number of hydrogen-bond acceptors (Lipinski definition) is 5. The first kappa shape index (κ1) is 18.1. The quantitative estimate of drug-likeness (QED) is 0.547. The van der Waals surface area contributed by atoms with Crippen LogP contribution in [0.3, 0.4) is 0 Å². The number of rotatable bonds is 5. The van der Waals surface area contributed by atoms with E-state index in [2.05, 4.69) is 57.8 Å². The molecule has 0 aliphatic carbocycles. The van der Waals surface area contributed by atoms with Crippen LogP contribution in [-0.2, 0) is 0 Å². The lowest BCUT2D eigenvalue weighted by molar-refractivity contribution is 0.585. The number of aromatic nitrogens is 2. The number of nitrogens with one attached hydrogen (secondary N) is 1. The van der Waals surface area contributed by atoms with E-state index in [1.807, 2.05) is 30.6 Å². The summed E-state index contributed by atoms with van der Waals surface area (Å²) in [4.78, 5) is 15.3. The first-order valence-electron chi connectivity index (χ1n) is 9.39. The van der Waals surface area contributed by atoms with Gasteiger partial charge in [0.05, 0.1) is 5.52 Å². The molecule has 1 saturated heterocycles. The topological polar surface area (TPSA) is 53.4 Å². The van der Waals surface area contributed by atoms with Gasteiger partial charge in [-0.3, -0.25) is 9.98 Å². The number of pyridine rings is 2. The van der Waals surface area contributed by atoms with Crippen LogP contribution in [0.2, 0.25) is 0 Å². The number of allylic oxidation sites excluding steroid dienone is 2. The highest BCUT2D eigenvalue weighted by Gasteiger charge is 2.12. The molecule has 1 fully saturated rings. The summed E-state index contributed by atoms with van der Waals surface area (Å²) in [6, 6.07) is 12.5. The van der Waals surface area contributed by atoms with Crippen molar-refractivity contribution in [3.8, 4) is 11.1 Å². The maximum atomic E-state index is 4.69. The fourth-order valence-corrected chi connectivity index (χ4v) is 3.48. The zero-order valence-corrected chi connectivity index (χ0v) is 15.8. The Hall–Kier alpha value is -3.31. The van der Waals surface area contributed by atoms with Crippen molar-refractivity contribution in [2.24, 2.45) is 4.99 Å². The largest absolute Gasteiger partial charge is 0.354 e. The van der Waals surface area contributed by atoms with Crippen LogP contribution in [0.5, 0.6) is 0 Å². The van der Waals surface area contributed by atoms with Gasteiger partial charge in [-0.2, -0.15) is 0 Å². The van der Waals surface area contributed by atoms with Gasteiger partial charge in [0.2, 0.25) is 0 Å². The summed E-state index contributed by atoms with van der Waals surface area (Å²) in [5.74, 6) is 1.03. The number of anilines is 1. The van der Waals surface area contributed by atoms with E-state index in [4.69, 9.17) is 4.98 Å². The smallest absolute Gasteiger partial charge is 0.128 e. The molecule has 4 rings (SSSR count). The van der Waals surface area contributed by atoms with Gasteiger partial charge in [-0.15, -0.1) is 0 Å². The molecule has 140 valence electrons. The van der Waals surface area contributed by atoms with Gasteiger partial charge in [0, 0.05) is 55.7 Å². The Kier molecular flexibility index (Phi) is 5.26. The summed E-state index contributed by atoms with van der Waals surface area (Å²) >= 11 is 0. The second kappa shape index (κ2) is 8.15. The molecule has 0 bridgehead atoms. The second-order valence-corrected chi connectivity index (χ2v) is 6.76. The molecule has 0 spiro atoms. The third kappa shape index (κ3) is 3.70. The van der Waals surface area contributed by atoms with E-state index in [-0.39, 0.29) is 0 Å². The van der Waals surface area contributed by atoms with Gasteiger partial charge in [0.15, 0.2) is 0 Å². The van der Waals surface area contributed by atoms with Gasteiger partial charge in [-0.1, -0.05) is 12.6 Å². The van der Waals surface area contributed by atoms with Crippen molar-refractivity contribution >= 4 is 29.0 Å². The Morgan fingerprint density at radius 2 is 1.89 bits per heavy atom. The van der Waals surface area contributed by atoms with E-state index in [0.29, 0.717) is 0 Å². The first-order chi connectivity index (χ1) is 13.8. The summed E-state index contributed by atoms with van der Waals surface area (Å²) in [6.07, 6.45) is 7.27. The van der Waals surface area contributed by atoms with Gasteiger partial charge in [0.1, 0.15) is 5.82 Å². The van der Waals surface area contributed by atoms with E-state index in [0.717, 1.165) is 65.2 Å². The average Bonchev–Trinajstić information content (AvgIpc) is 2.77. The molecular weight excluding hydrogens is 346 g/mol. The zero-order valence-electron chi connectivity index (χ0n) is 15.8. The Morgan fingerprint density at radius 1 is 1.07 bits per heavy atom. The highest BCUT2D eigenvalue weighted by atomic mass is 15.2. The Labute approximate surface area is 165 Å². The molecule has 5 nitrogen and oxygen atoms in total. The molecule has 1 aliphatic rings. The normalized spacial score (nSPS) is 14.5. The molecule has 0 atom stereocenters. The van der Waals surface area contributed by atoms with Crippen molar-refractivity contribution in [2.45, 2.75) is 0 Å². The van der Waals surface area contributed by atoms with E-state index >= 15 is 0 Å². The van der Waals surface area contributed by atoms with Crippen LogP contribution in [0.1, 0.15) is 5.56 Å². The van der Waals surface area contributed by atoms with Crippen molar-refractivity contribution in [1.29, 1.82) is 0 Å². The fraction of sp³-hybridized carbons (Fsp3) is 0.174. The fourth-order valence-electron chi connectivity index (χ4n) is 3.48. The van der Waals surface area contributed by atoms with E-state index in [9.17, 15) is 0 Å². The van der Waals surface area contributed by atoms with Crippen molar-refractivity contribution in [3.05, 3.63) is 73.2 Å². The lowest BCUT2D eigenvalue weighted by Gasteiger charge is -2.28. The first-order valence-corrected chi connectivity index (χ1v) is 9.39. The Morgan fingerprint density at radius 3 is 2.64 bits per heavy atom. The second-order valence-electron chi connectivity index (χ2n) is 6.76. The Balaban J connectivity index is 1.68. The van der Waals surface area contributed by atoms with Crippen LogP contribution >= 0.6 is 0 Å². The third-order valence-electron chi connectivity index (χ3n) is 4.99. The lowest BCUT2D eigenvalue weighted by Crippen LogP contribution is -2.43. The Bertz CT molecular complexity index is 1030. The molecule has 0 radical (unpaired) electrons. The standard InChI is InChI=1S/C23H23N5/c1-17(7-9-24-2)20-8-10-26-22-5-3-18(15-21(20)22)19-4-6-23(27-16-19)28-13-11-25-12-14-28/h3-10,15-16,25H,1-2,11-14H2/b9-7-. The highest BCUT2D eigenvalue weighted by molar-refractivity contribution is 5.95. The summed E-state index contributed by atoms with van der Waals surface area (Å²) < 4.78 is 0. The van der Waals surface area contributed by atoms with Crippen LogP contribution in [0.25, 0.3) is 27.6 Å². The zero-order chi connectivity index (χ0) is 19.3. The maximum absolute atomic E-state index is 4.69.